The molecule has 12 atom stereocenters. The van der Waals surface area contributed by atoms with Gasteiger partial charge >= 0.3 is 0 Å². The third kappa shape index (κ3) is 2.19. The first kappa shape index (κ1) is 20.8. The lowest BCUT2D eigenvalue weighted by Crippen LogP contribution is -2.64. The fraction of sp³-hybridized carbons (Fsp3) is 0.933. The molecule has 3 spiro atoms. The maximum atomic E-state index is 10.3. The lowest BCUT2D eigenvalue weighted by atomic mass is 9.47. The van der Waals surface area contributed by atoms with E-state index >= 15 is 0 Å². The summed E-state index contributed by atoms with van der Waals surface area (Å²) in [4.78, 5) is 2.87. The molecule has 0 radical (unpaired) electrons. The molecule has 2 aliphatic heterocycles. The molecule has 2 heterocycles. The average Bonchev–Trinajstić information content (AvgIpc) is 3.25. The van der Waals surface area contributed by atoms with Gasteiger partial charge in [0.1, 0.15) is 0 Å². The van der Waals surface area contributed by atoms with E-state index in [9.17, 15) is 5.11 Å². The van der Waals surface area contributed by atoms with Gasteiger partial charge in [-0.15, -0.1) is 0 Å². The summed E-state index contributed by atoms with van der Waals surface area (Å²) in [6.07, 6.45) is 17.3. The van der Waals surface area contributed by atoms with Gasteiger partial charge in [0, 0.05) is 23.9 Å². The van der Waals surface area contributed by atoms with Crippen molar-refractivity contribution in [1.82, 2.24) is 4.90 Å². The number of fused-ring (bicyclic) bond motifs is 6. The molecule has 0 aromatic carbocycles. The Morgan fingerprint density at radius 3 is 2.85 bits per heavy atom. The predicted octanol–water partition coefficient (Wildman–Crippen LogP) is 5.57. The van der Waals surface area contributed by atoms with Gasteiger partial charge in [-0.25, -0.2) is 0 Å². The highest BCUT2D eigenvalue weighted by Gasteiger charge is 2.91. The smallest absolute Gasteiger partial charge is 0.0793 e. The van der Waals surface area contributed by atoms with Gasteiger partial charge in [-0.3, -0.25) is 4.90 Å². The van der Waals surface area contributed by atoms with Gasteiger partial charge in [0.25, 0.3) is 0 Å². The molecule has 7 fully saturated rings. The second-order valence-electron chi connectivity index (χ2n) is 14.5. The van der Waals surface area contributed by atoms with Crippen LogP contribution in [-0.2, 0) is 4.74 Å². The Morgan fingerprint density at radius 1 is 1.12 bits per heavy atom. The molecule has 1 N–H and O–H groups in total. The summed E-state index contributed by atoms with van der Waals surface area (Å²) in [6, 6.07) is 0.719. The van der Waals surface area contributed by atoms with E-state index in [1.165, 1.54) is 77.3 Å². The van der Waals surface area contributed by atoms with E-state index in [0.717, 1.165) is 42.1 Å². The minimum Gasteiger partial charge on any atom is -0.389 e. The number of hydrogen-bond donors (Lipinski definition) is 1. The molecule has 0 amide bonds. The van der Waals surface area contributed by atoms with Gasteiger partial charge in [-0.1, -0.05) is 32.4 Å². The number of piperidine rings is 1. The first-order chi connectivity index (χ1) is 15.9. The van der Waals surface area contributed by atoms with Crippen molar-refractivity contribution in [3.63, 3.8) is 0 Å². The van der Waals surface area contributed by atoms with Crippen molar-refractivity contribution in [2.24, 2.45) is 45.8 Å². The first-order valence-corrected chi connectivity index (χ1v) is 14.7. The SMILES string of the molecule is CCCN1C[C@@H](C)C[C@H]2O[C@@]34CC[C@H]5C6CCC7=C[C@@H](O)CC[C@]7(C)[C@H]6CC56CC63C[C@@H]4[C@@H]21. The van der Waals surface area contributed by atoms with Gasteiger partial charge < -0.3 is 9.84 Å². The lowest BCUT2D eigenvalue weighted by molar-refractivity contribution is -0.211. The van der Waals surface area contributed by atoms with Crippen LogP contribution >= 0.6 is 0 Å². The monoisotopic (exact) mass is 451 g/mol. The summed E-state index contributed by atoms with van der Waals surface area (Å²) < 4.78 is 7.36. The summed E-state index contributed by atoms with van der Waals surface area (Å²) in [7, 11) is 0. The third-order valence-electron chi connectivity index (χ3n) is 13.5. The fourth-order valence-corrected chi connectivity index (χ4v) is 12.5. The molecule has 3 unspecified atom stereocenters. The summed E-state index contributed by atoms with van der Waals surface area (Å²) >= 11 is 0. The zero-order valence-electron chi connectivity index (χ0n) is 21.2. The molecular weight excluding hydrogens is 406 g/mol. The highest BCUT2D eigenvalue weighted by molar-refractivity contribution is 5.41. The fourth-order valence-electron chi connectivity index (χ4n) is 12.5. The van der Waals surface area contributed by atoms with E-state index in [-0.39, 0.29) is 11.7 Å². The standard InChI is InChI=1S/C30H45NO2/c1-4-11-31-16-18(2)12-25-26(31)24-15-29-17-28(29)14-23-21(22(28)8-10-30(24,29)33-25)6-5-19-13-20(32)7-9-27(19,23)3/h13,18,20-26,32H,4-12,14-17H2,1-3H3/t18-,20-,21?,22-,23-,24+,25+,26-,27-,28?,29?,30+/m0/s1. The molecule has 33 heavy (non-hydrogen) atoms. The summed E-state index contributed by atoms with van der Waals surface area (Å²) in [5.74, 6) is 4.38. The average molecular weight is 452 g/mol. The van der Waals surface area contributed by atoms with Gasteiger partial charge in [0.05, 0.1) is 17.8 Å². The Labute approximate surface area is 200 Å². The minimum atomic E-state index is -0.182. The first-order valence-electron chi connectivity index (χ1n) is 14.7. The molecule has 0 aromatic rings. The van der Waals surface area contributed by atoms with Crippen LogP contribution in [0.4, 0.5) is 0 Å². The lowest BCUT2D eigenvalue weighted by Gasteiger charge is -2.60. The van der Waals surface area contributed by atoms with Gasteiger partial charge in [0.15, 0.2) is 0 Å². The molecule has 8 aliphatic rings. The molecule has 2 saturated heterocycles. The number of nitrogens with zero attached hydrogens (tertiary/aromatic N) is 1. The molecular formula is C30H45NO2. The van der Waals surface area contributed by atoms with Crippen molar-refractivity contribution in [3.05, 3.63) is 11.6 Å². The minimum absolute atomic E-state index is 0.182. The maximum absolute atomic E-state index is 10.3. The van der Waals surface area contributed by atoms with Crippen molar-refractivity contribution in [2.45, 2.75) is 115 Å². The third-order valence-corrected chi connectivity index (χ3v) is 13.5. The van der Waals surface area contributed by atoms with Crippen molar-refractivity contribution in [1.29, 1.82) is 0 Å². The van der Waals surface area contributed by atoms with E-state index in [2.05, 4.69) is 31.7 Å². The molecule has 182 valence electrons. The Morgan fingerprint density at radius 2 is 2.00 bits per heavy atom. The van der Waals surface area contributed by atoms with Gasteiger partial charge in [-0.05, 0) is 112 Å². The normalized spacial score (nSPS) is 62.5. The highest BCUT2D eigenvalue weighted by Crippen LogP contribution is 2.93. The Kier molecular flexibility index (Phi) is 3.96. The maximum Gasteiger partial charge on any atom is 0.0793 e. The predicted molar refractivity (Wildman–Crippen MR) is 130 cm³/mol. The number of likely N-dealkylation sites (tertiary alicyclic amines) is 1. The van der Waals surface area contributed by atoms with Crippen LogP contribution in [0.3, 0.4) is 0 Å². The molecule has 3 nitrogen and oxygen atoms in total. The zero-order valence-corrected chi connectivity index (χ0v) is 21.2. The van der Waals surface area contributed by atoms with Crippen molar-refractivity contribution < 1.29 is 9.84 Å². The van der Waals surface area contributed by atoms with E-state index in [0.29, 0.717) is 22.3 Å². The summed E-state index contributed by atoms with van der Waals surface area (Å²) in [6.45, 7) is 9.98. The van der Waals surface area contributed by atoms with E-state index < -0.39 is 0 Å². The second-order valence-corrected chi connectivity index (χ2v) is 14.5. The number of allylic oxidation sites excluding steroid dienone is 1. The van der Waals surface area contributed by atoms with Crippen LogP contribution in [0.1, 0.15) is 91.4 Å². The molecule has 8 rings (SSSR count). The summed E-state index contributed by atoms with van der Waals surface area (Å²) in [5, 5.41) is 10.3. The van der Waals surface area contributed by atoms with Crippen molar-refractivity contribution >= 4 is 0 Å². The van der Waals surface area contributed by atoms with Crippen LogP contribution in [0.15, 0.2) is 11.6 Å². The molecule has 0 bridgehead atoms. The van der Waals surface area contributed by atoms with Gasteiger partial charge in [-0.2, -0.15) is 0 Å². The highest BCUT2D eigenvalue weighted by atomic mass is 16.5. The molecule has 6 aliphatic carbocycles. The topological polar surface area (TPSA) is 32.7 Å². The van der Waals surface area contributed by atoms with E-state index in [1.54, 1.807) is 5.57 Å². The Bertz CT molecular complexity index is 915. The summed E-state index contributed by atoms with van der Waals surface area (Å²) in [5.41, 5.74) is 3.38. The number of hydrogen-bond acceptors (Lipinski definition) is 3. The van der Waals surface area contributed by atoms with Crippen LogP contribution in [0.2, 0.25) is 0 Å². The van der Waals surface area contributed by atoms with Crippen LogP contribution in [0.5, 0.6) is 0 Å². The number of aliphatic hydroxyl groups excluding tert-OH is 1. The van der Waals surface area contributed by atoms with Crippen molar-refractivity contribution in [3.8, 4) is 0 Å². The largest absolute Gasteiger partial charge is 0.389 e. The van der Waals surface area contributed by atoms with Gasteiger partial charge in [0.2, 0.25) is 0 Å². The quantitative estimate of drug-likeness (QED) is 0.557. The Hall–Kier alpha value is -0.380. The number of ether oxygens (including phenoxy) is 1. The number of rotatable bonds is 2. The van der Waals surface area contributed by atoms with Crippen LogP contribution < -0.4 is 0 Å². The molecule has 3 heteroatoms. The van der Waals surface area contributed by atoms with Crippen LogP contribution in [-0.4, -0.2) is 46.9 Å². The van der Waals surface area contributed by atoms with Crippen LogP contribution in [0.25, 0.3) is 0 Å². The zero-order chi connectivity index (χ0) is 22.4. The molecule has 0 aromatic heterocycles. The second kappa shape index (κ2) is 6.30. The molecule has 5 saturated carbocycles. The number of aliphatic hydroxyl groups is 1. The van der Waals surface area contributed by atoms with E-state index in [1.807, 2.05) is 0 Å². The van der Waals surface area contributed by atoms with Crippen molar-refractivity contribution in [2.75, 3.05) is 13.1 Å². The van der Waals surface area contributed by atoms with Crippen LogP contribution in [0, 0.1) is 45.8 Å². The Balaban J connectivity index is 1.13. The van der Waals surface area contributed by atoms with E-state index in [4.69, 9.17) is 4.74 Å².